The maximum absolute atomic E-state index is 11.0. The van der Waals surface area contributed by atoms with Gasteiger partial charge in [-0.05, 0) is 18.8 Å². The van der Waals surface area contributed by atoms with Crippen molar-refractivity contribution < 1.29 is 49.0 Å². The number of rotatable bonds is 4. The van der Waals surface area contributed by atoms with Gasteiger partial charge in [0.2, 0.25) is 0 Å². The van der Waals surface area contributed by atoms with Crippen LogP contribution in [0.25, 0.3) is 0 Å². The number of carbonyl (C=O) groups is 2. The Hall–Kier alpha value is -0.320. The Labute approximate surface area is 106 Å². The van der Waals surface area contributed by atoms with Gasteiger partial charge in [-0.3, -0.25) is 4.79 Å². The molecule has 0 heterocycles. The van der Waals surface area contributed by atoms with Crippen LogP contribution in [0.3, 0.4) is 0 Å². The van der Waals surface area contributed by atoms with Crippen molar-refractivity contribution in [2.45, 2.75) is 20.8 Å². The van der Waals surface area contributed by atoms with Gasteiger partial charge in [-0.2, -0.15) is 0 Å². The van der Waals surface area contributed by atoms with Crippen LogP contribution in [0, 0.1) is 5.92 Å². The fourth-order valence-electron chi connectivity index (χ4n) is 0.557. The molecule has 0 unspecified atom stereocenters. The SMILES string of the molecule is CCOC(=O)C([O-])=CC(=O)C(C)C.[Na+]. The van der Waals surface area contributed by atoms with Crippen molar-refractivity contribution in [2.24, 2.45) is 5.92 Å². The van der Waals surface area contributed by atoms with Crippen LogP contribution in [0.5, 0.6) is 0 Å². The number of ketones is 1. The Morgan fingerprint density at radius 1 is 1.43 bits per heavy atom. The molecule has 74 valence electrons. The standard InChI is InChI=1S/C9H14O4.Na/c1-4-13-9(12)8(11)5-7(10)6(2)3;/h5-6,11H,4H2,1-3H3;/q;+1/p-1. The Morgan fingerprint density at radius 3 is 2.29 bits per heavy atom. The maximum atomic E-state index is 11.0. The molecule has 0 aromatic rings. The summed E-state index contributed by atoms with van der Waals surface area (Å²) < 4.78 is 4.41. The van der Waals surface area contributed by atoms with Crippen molar-refractivity contribution in [2.75, 3.05) is 6.61 Å². The molecule has 0 atom stereocenters. The van der Waals surface area contributed by atoms with E-state index in [1.165, 1.54) is 0 Å². The van der Waals surface area contributed by atoms with Crippen molar-refractivity contribution >= 4 is 11.8 Å². The molecular formula is C9H13NaO4. The first-order valence-corrected chi connectivity index (χ1v) is 4.08. The summed E-state index contributed by atoms with van der Waals surface area (Å²) in [6, 6.07) is 0. The second-order valence-corrected chi connectivity index (χ2v) is 2.79. The number of carbonyl (C=O) groups excluding carboxylic acids is 2. The smallest absolute Gasteiger partial charge is 0.868 e. The van der Waals surface area contributed by atoms with Gasteiger partial charge in [0.05, 0.1) is 6.61 Å². The van der Waals surface area contributed by atoms with E-state index in [2.05, 4.69) is 4.74 Å². The van der Waals surface area contributed by atoms with Gasteiger partial charge in [-0.15, -0.1) is 0 Å². The number of allylic oxidation sites excluding steroid dienone is 1. The average Bonchev–Trinajstić information content (AvgIpc) is 2.04. The summed E-state index contributed by atoms with van der Waals surface area (Å²) in [5.74, 6) is -2.51. The van der Waals surface area contributed by atoms with Gasteiger partial charge in [-0.25, -0.2) is 4.79 Å². The predicted molar refractivity (Wildman–Crippen MR) is 44.6 cm³/mol. The van der Waals surface area contributed by atoms with Crippen LogP contribution in [0.4, 0.5) is 0 Å². The molecule has 0 radical (unpaired) electrons. The van der Waals surface area contributed by atoms with Crippen molar-refractivity contribution in [3.8, 4) is 0 Å². The van der Waals surface area contributed by atoms with Crippen molar-refractivity contribution in [3.63, 3.8) is 0 Å². The topological polar surface area (TPSA) is 66.4 Å². The van der Waals surface area contributed by atoms with Crippen LogP contribution >= 0.6 is 0 Å². The van der Waals surface area contributed by atoms with Crippen LogP contribution in [-0.4, -0.2) is 18.4 Å². The quantitative estimate of drug-likeness (QED) is 0.214. The molecule has 0 aliphatic carbocycles. The molecule has 0 bridgehead atoms. The minimum Gasteiger partial charge on any atom is -0.868 e. The number of hydrogen-bond donors (Lipinski definition) is 0. The molecule has 0 saturated carbocycles. The number of ether oxygens (including phenoxy) is 1. The monoisotopic (exact) mass is 208 g/mol. The molecule has 0 aliphatic heterocycles. The van der Waals surface area contributed by atoms with Gasteiger partial charge in [0.1, 0.15) is 0 Å². The summed E-state index contributed by atoms with van der Waals surface area (Å²) in [7, 11) is 0. The van der Waals surface area contributed by atoms with Crippen LogP contribution in [0.2, 0.25) is 0 Å². The van der Waals surface area contributed by atoms with Gasteiger partial charge in [0.25, 0.3) is 0 Å². The van der Waals surface area contributed by atoms with E-state index in [0.717, 1.165) is 6.08 Å². The molecule has 14 heavy (non-hydrogen) atoms. The molecule has 0 amide bonds. The normalized spacial score (nSPS) is 10.7. The van der Waals surface area contributed by atoms with Crippen molar-refractivity contribution in [3.05, 3.63) is 11.8 Å². The molecule has 0 spiro atoms. The van der Waals surface area contributed by atoms with E-state index in [1.807, 2.05) is 0 Å². The summed E-state index contributed by atoms with van der Waals surface area (Å²) in [4.78, 5) is 21.7. The van der Waals surface area contributed by atoms with Crippen LogP contribution in [0.1, 0.15) is 20.8 Å². The fourth-order valence-corrected chi connectivity index (χ4v) is 0.557. The number of esters is 1. The Balaban J connectivity index is 0. The average molecular weight is 208 g/mol. The molecule has 5 heteroatoms. The fraction of sp³-hybridized carbons (Fsp3) is 0.556. The van der Waals surface area contributed by atoms with Crippen molar-refractivity contribution in [1.29, 1.82) is 0 Å². The first-order valence-electron chi connectivity index (χ1n) is 4.08. The first-order chi connectivity index (χ1) is 5.99. The molecule has 0 saturated heterocycles. The predicted octanol–water partition coefficient (Wildman–Crippen LogP) is -2.98. The van der Waals surface area contributed by atoms with Gasteiger partial charge >= 0.3 is 35.5 Å². The molecule has 0 N–H and O–H groups in total. The molecule has 4 nitrogen and oxygen atoms in total. The maximum Gasteiger partial charge on any atom is 1.00 e. The molecule has 0 fully saturated rings. The Bertz CT molecular complexity index is 233. The second kappa shape index (κ2) is 8.03. The third kappa shape index (κ3) is 6.18. The van der Waals surface area contributed by atoms with E-state index in [-0.39, 0.29) is 47.9 Å². The Kier molecular flexibility index (Phi) is 9.24. The second-order valence-electron chi connectivity index (χ2n) is 2.79. The molecule has 0 rings (SSSR count). The van der Waals surface area contributed by atoms with E-state index in [9.17, 15) is 14.7 Å². The van der Waals surface area contributed by atoms with Crippen molar-refractivity contribution in [1.82, 2.24) is 0 Å². The van der Waals surface area contributed by atoms with Crippen LogP contribution in [0.15, 0.2) is 11.8 Å². The third-order valence-electron chi connectivity index (χ3n) is 1.32. The molecule has 0 aliphatic rings. The third-order valence-corrected chi connectivity index (χ3v) is 1.32. The first kappa shape index (κ1) is 16.1. The Morgan fingerprint density at radius 2 is 1.93 bits per heavy atom. The zero-order chi connectivity index (χ0) is 10.4. The van der Waals surface area contributed by atoms with E-state index in [1.54, 1.807) is 20.8 Å². The summed E-state index contributed by atoms with van der Waals surface area (Å²) in [5.41, 5.74) is 0. The van der Waals surface area contributed by atoms with Crippen LogP contribution in [-0.2, 0) is 14.3 Å². The summed E-state index contributed by atoms with van der Waals surface area (Å²) in [5, 5.41) is 10.9. The molecule has 0 aromatic heterocycles. The minimum absolute atomic E-state index is 0. The van der Waals surface area contributed by atoms with E-state index in [4.69, 9.17) is 0 Å². The van der Waals surface area contributed by atoms with E-state index in [0.29, 0.717) is 0 Å². The van der Waals surface area contributed by atoms with Gasteiger partial charge < -0.3 is 9.84 Å². The zero-order valence-electron chi connectivity index (χ0n) is 8.99. The summed E-state index contributed by atoms with van der Waals surface area (Å²) in [6.45, 7) is 5.03. The molecular weight excluding hydrogens is 195 g/mol. The van der Waals surface area contributed by atoms with Gasteiger partial charge in [-0.1, -0.05) is 13.8 Å². The summed E-state index contributed by atoms with van der Waals surface area (Å²) in [6.07, 6.45) is 0.780. The van der Waals surface area contributed by atoms with Crippen LogP contribution < -0.4 is 34.7 Å². The van der Waals surface area contributed by atoms with E-state index >= 15 is 0 Å². The largest absolute Gasteiger partial charge is 1.00 e. The van der Waals surface area contributed by atoms with Gasteiger partial charge in [0.15, 0.2) is 5.78 Å². The number of hydrogen-bond acceptors (Lipinski definition) is 4. The van der Waals surface area contributed by atoms with E-state index < -0.39 is 11.7 Å². The van der Waals surface area contributed by atoms with Gasteiger partial charge in [0, 0.05) is 5.92 Å². The summed E-state index contributed by atoms with van der Waals surface area (Å²) >= 11 is 0. The molecule has 0 aromatic carbocycles. The minimum atomic E-state index is -0.975. The zero-order valence-corrected chi connectivity index (χ0v) is 11.0.